The molecule has 9 nitrogen and oxygen atoms in total. The number of carbonyl (C=O) groups excluding carboxylic acids is 2. The summed E-state index contributed by atoms with van der Waals surface area (Å²) in [6.07, 6.45) is 5.85. The lowest BCUT2D eigenvalue weighted by molar-refractivity contribution is -0.939. The number of aliphatic hydroxyl groups is 1. The van der Waals surface area contributed by atoms with Crippen LogP contribution in [0, 0.1) is 5.92 Å². The molecule has 0 radical (unpaired) electrons. The molecular weight excluding hydrogens is 540 g/mol. The van der Waals surface area contributed by atoms with Crippen molar-refractivity contribution in [3.63, 3.8) is 0 Å². The number of para-hydroxylation sites is 2. The van der Waals surface area contributed by atoms with Crippen molar-refractivity contribution in [3.8, 4) is 11.5 Å². The van der Waals surface area contributed by atoms with Crippen molar-refractivity contribution in [2.45, 2.75) is 24.5 Å². The number of hydrogen-bond acceptors (Lipinski definition) is 7. The number of fused-ring (bicyclic) bond motifs is 5. The molecule has 192 valence electrons. The van der Waals surface area contributed by atoms with Gasteiger partial charge in [-0.2, -0.15) is 0 Å². The Balaban J connectivity index is 0.00000280. The van der Waals surface area contributed by atoms with E-state index < -0.39 is 11.6 Å². The standard InChI is InChI=1S/C27H26N4O5.BrH/c32-25(30-19-13-28-17-29-14-19)16-31-11-9-18(10-12-31)24(15-31)36-26(33)27(34)20-5-1-3-7-22(20)35-23-8-4-2-6-21(23)27;/h1-8,13-14,17-18,24,34H,9-12,15-16H2;1H. The average molecular weight is 567 g/mol. The van der Waals surface area contributed by atoms with E-state index in [1.165, 1.54) is 6.33 Å². The third-order valence-corrected chi connectivity index (χ3v) is 7.69. The number of ether oxygens (including phenoxy) is 2. The number of anilines is 1. The minimum atomic E-state index is -1.98. The van der Waals surface area contributed by atoms with Gasteiger partial charge in [0.05, 0.1) is 31.2 Å². The maximum atomic E-state index is 13.7. The number of quaternary nitrogens is 1. The van der Waals surface area contributed by atoms with Gasteiger partial charge in [-0.1, -0.05) is 36.4 Å². The molecule has 1 atom stereocenters. The summed E-state index contributed by atoms with van der Waals surface area (Å²) in [5, 5.41) is 14.7. The molecule has 2 N–H and O–H groups in total. The van der Waals surface area contributed by atoms with Crippen molar-refractivity contribution in [2.75, 3.05) is 31.5 Å². The molecule has 1 amide bonds. The minimum Gasteiger partial charge on any atom is -1.00 e. The molecule has 7 rings (SSSR count). The number of nitrogens with zero attached hydrogens (tertiary/aromatic N) is 3. The number of esters is 1. The number of carbonyl (C=O) groups is 2. The van der Waals surface area contributed by atoms with Crippen LogP contribution in [0.15, 0.2) is 67.3 Å². The first-order valence-corrected chi connectivity index (χ1v) is 12.2. The summed E-state index contributed by atoms with van der Waals surface area (Å²) in [7, 11) is 0. The Hall–Kier alpha value is -3.34. The van der Waals surface area contributed by atoms with Gasteiger partial charge in [0.2, 0.25) is 5.60 Å². The normalized spacial score (nSPS) is 24.5. The zero-order valence-corrected chi connectivity index (χ0v) is 21.6. The van der Waals surface area contributed by atoms with E-state index >= 15 is 0 Å². The number of nitrogens with one attached hydrogen (secondary N) is 1. The number of benzene rings is 2. The van der Waals surface area contributed by atoms with Crippen LogP contribution in [0.2, 0.25) is 0 Å². The van der Waals surface area contributed by atoms with E-state index in [2.05, 4.69) is 15.3 Å². The van der Waals surface area contributed by atoms with Crippen LogP contribution in [0.5, 0.6) is 11.5 Å². The van der Waals surface area contributed by atoms with Crippen molar-refractivity contribution in [2.24, 2.45) is 5.92 Å². The Morgan fingerprint density at radius 1 is 1.03 bits per heavy atom. The highest BCUT2D eigenvalue weighted by atomic mass is 79.9. The summed E-state index contributed by atoms with van der Waals surface area (Å²) in [5.41, 5.74) is -0.700. The Labute approximate surface area is 224 Å². The lowest BCUT2D eigenvalue weighted by atomic mass is 9.81. The van der Waals surface area contributed by atoms with Crippen molar-refractivity contribution in [1.82, 2.24) is 9.97 Å². The zero-order valence-electron chi connectivity index (χ0n) is 20.0. The molecule has 4 aliphatic heterocycles. The van der Waals surface area contributed by atoms with Crippen LogP contribution >= 0.6 is 0 Å². The highest BCUT2D eigenvalue weighted by Crippen LogP contribution is 2.48. The van der Waals surface area contributed by atoms with Gasteiger partial charge in [0, 0.05) is 29.9 Å². The second-order valence-electron chi connectivity index (χ2n) is 9.89. The van der Waals surface area contributed by atoms with E-state index in [1.54, 1.807) is 60.9 Å². The zero-order chi connectivity index (χ0) is 24.8. The predicted molar refractivity (Wildman–Crippen MR) is 129 cm³/mol. The fourth-order valence-electron chi connectivity index (χ4n) is 5.86. The summed E-state index contributed by atoms with van der Waals surface area (Å²) < 4.78 is 12.6. The molecule has 10 heteroatoms. The quantitative estimate of drug-likeness (QED) is 0.320. The van der Waals surface area contributed by atoms with Crippen molar-refractivity contribution < 1.29 is 45.6 Å². The van der Waals surface area contributed by atoms with Gasteiger partial charge in [-0.3, -0.25) is 4.79 Å². The molecule has 2 aromatic carbocycles. The number of rotatable bonds is 5. The first kappa shape index (κ1) is 25.3. The van der Waals surface area contributed by atoms with Gasteiger partial charge in [-0.15, -0.1) is 0 Å². The Morgan fingerprint density at radius 2 is 1.62 bits per heavy atom. The third kappa shape index (κ3) is 4.49. The van der Waals surface area contributed by atoms with Gasteiger partial charge in [0.1, 0.15) is 24.4 Å². The molecule has 1 unspecified atom stereocenters. The molecule has 5 heterocycles. The van der Waals surface area contributed by atoms with Crippen LogP contribution in [0.4, 0.5) is 5.69 Å². The SMILES string of the molecule is O=C(C[N+]12CCC(CC1)C(OC(=O)C1(O)c3ccccc3Oc3ccccc31)C2)Nc1cncnc1.[Br-]. The van der Waals surface area contributed by atoms with E-state index in [-0.39, 0.29) is 41.5 Å². The van der Waals surface area contributed by atoms with Gasteiger partial charge < -0.3 is 41.4 Å². The molecule has 4 aliphatic rings. The molecule has 3 fully saturated rings. The summed E-state index contributed by atoms with van der Waals surface area (Å²) >= 11 is 0. The van der Waals surface area contributed by atoms with E-state index in [0.717, 1.165) is 25.9 Å². The second-order valence-corrected chi connectivity index (χ2v) is 9.89. The summed E-state index contributed by atoms with van der Waals surface area (Å²) in [5.74, 6) is 0.215. The van der Waals surface area contributed by atoms with Crippen LogP contribution in [0.25, 0.3) is 0 Å². The third-order valence-electron chi connectivity index (χ3n) is 7.69. The lowest BCUT2D eigenvalue weighted by Gasteiger charge is -2.51. The highest BCUT2D eigenvalue weighted by Gasteiger charge is 2.53. The molecule has 37 heavy (non-hydrogen) atoms. The van der Waals surface area contributed by atoms with E-state index in [9.17, 15) is 14.7 Å². The summed E-state index contributed by atoms with van der Waals surface area (Å²) in [6.45, 7) is 2.51. The van der Waals surface area contributed by atoms with Gasteiger partial charge in [0.25, 0.3) is 5.91 Å². The molecule has 1 aromatic heterocycles. The van der Waals surface area contributed by atoms with Gasteiger partial charge in [-0.05, 0) is 12.1 Å². The fraction of sp³-hybridized carbons (Fsp3) is 0.333. The number of halogens is 1. The van der Waals surface area contributed by atoms with Crippen LogP contribution in [0.3, 0.4) is 0 Å². The molecule has 2 bridgehead atoms. The summed E-state index contributed by atoms with van der Waals surface area (Å²) in [4.78, 5) is 34.4. The maximum Gasteiger partial charge on any atom is 0.348 e. The average Bonchev–Trinajstić information content (AvgIpc) is 2.90. The van der Waals surface area contributed by atoms with Crippen LogP contribution in [-0.4, -0.2) is 63.7 Å². The van der Waals surface area contributed by atoms with Crippen LogP contribution < -0.4 is 27.0 Å². The maximum absolute atomic E-state index is 13.7. The van der Waals surface area contributed by atoms with Gasteiger partial charge >= 0.3 is 5.97 Å². The van der Waals surface area contributed by atoms with Crippen molar-refractivity contribution in [1.29, 1.82) is 0 Å². The number of hydrogen-bond donors (Lipinski definition) is 2. The molecule has 0 saturated carbocycles. The number of aromatic nitrogens is 2. The van der Waals surface area contributed by atoms with Crippen molar-refractivity contribution in [3.05, 3.63) is 78.4 Å². The minimum absolute atomic E-state index is 0. The Kier molecular flexibility index (Phi) is 6.74. The van der Waals surface area contributed by atoms with E-state index in [0.29, 0.717) is 39.3 Å². The largest absolute Gasteiger partial charge is 1.00 e. The second kappa shape index (κ2) is 9.85. The smallest absolute Gasteiger partial charge is 0.348 e. The number of amides is 1. The van der Waals surface area contributed by atoms with Gasteiger partial charge in [0.15, 0.2) is 12.6 Å². The molecule has 0 aliphatic carbocycles. The molecular formula is C27H27BrN4O5. The predicted octanol–water partition coefficient (Wildman–Crippen LogP) is -0.387. The summed E-state index contributed by atoms with van der Waals surface area (Å²) in [6, 6.07) is 14.0. The first-order chi connectivity index (χ1) is 17.5. The lowest BCUT2D eigenvalue weighted by Crippen LogP contribution is -3.00. The highest BCUT2D eigenvalue weighted by molar-refractivity contribution is 5.91. The van der Waals surface area contributed by atoms with Crippen LogP contribution in [0.1, 0.15) is 24.0 Å². The number of piperidine rings is 3. The molecule has 3 saturated heterocycles. The fourth-order valence-corrected chi connectivity index (χ4v) is 5.86. The van der Waals surface area contributed by atoms with Gasteiger partial charge in [-0.25, -0.2) is 14.8 Å². The Bertz CT molecular complexity index is 1270. The monoisotopic (exact) mass is 566 g/mol. The Morgan fingerprint density at radius 3 is 2.24 bits per heavy atom. The van der Waals surface area contributed by atoms with Crippen LogP contribution in [-0.2, 0) is 19.9 Å². The van der Waals surface area contributed by atoms with Crippen molar-refractivity contribution >= 4 is 17.6 Å². The van der Waals surface area contributed by atoms with E-state index in [1.807, 2.05) is 0 Å². The molecule has 0 spiro atoms. The first-order valence-electron chi connectivity index (χ1n) is 12.2. The molecule has 3 aromatic rings. The topological polar surface area (TPSA) is 111 Å². The van der Waals surface area contributed by atoms with E-state index in [4.69, 9.17) is 9.47 Å².